The lowest BCUT2D eigenvalue weighted by Crippen LogP contribution is -2.58. The Morgan fingerprint density at radius 1 is 1.41 bits per heavy atom. The maximum Gasteiger partial charge on any atom is 0.418 e. The Morgan fingerprint density at radius 3 is 2.72 bits per heavy atom. The standard InChI is InChI=1S/C21H27F3N4O3S/c1-12(29)10-31-19(21(22,23)24)15-4-5-16(20-27-6-7-32-20)18(17(15)26-3)30-11-14-8-13(28-14)9-25-2/h4-7,12-14,19,25,28-29H,3,8-11H2,1-2H3. The van der Waals surface area contributed by atoms with Crippen LogP contribution in [0.15, 0.2) is 28.7 Å². The minimum absolute atomic E-state index is 0.0447. The second-order valence-corrected chi connectivity index (χ2v) is 8.54. The number of ether oxygens (including phenoxy) is 2. The molecule has 176 valence electrons. The van der Waals surface area contributed by atoms with Gasteiger partial charge in [0.2, 0.25) is 0 Å². The highest BCUT2D eigenvalue weighted by atomic mass is 32.1. The molecule has 0 bridgehead atoms. The van der Waals surface area contributed by atoms with Crippen molar-refractivity contribution in [1.29, 1.82) is 0 Å². The second-order valence-electron chi connectivity index (χ2n) is 7.64. The third-order valence-corrected chi connectivity index (χ3v) is 5.79. The lowest BCUT2D eigenvalue weighted by atomic mass is 9.97. The molecule has 0 amide bonds. The van der Waals surface area contributed by atoms with Crippen LogP contribution in [0.25, 0.3) is 10.6 Å². The van der Waals surface area contributed by atoms with E-state index in [0.29, 0.717) is 16.6 Å². The number of nitrogens with zero attached hydrogens (tertiary/aromatic N) is 2. The van der Waals surface area contributed by atoms with Crippen LogP contribution in [-0.2, 0) is 4.74 Å². The van der Waals surface area contributed by atoms with Crippen LogP contribution in [0.1, 0.15) is 25.0 Å². The van der Waals surface area contributed by atoms with Gasteiger partial charge in [-0.15, -0.1) is 11.3 Å². The number of benzene rings is 1. The van der Waals surface area contributed by atoms with Gasteiger partial charge >= 0.3 is 6.18 Å². The molecule has 2 heterocycles. The van der Waals surface area contributed by atoms with Crippen LogP contribution in [0.2, 0.25) is 0 Å². The fourth-order valence-electron chi connectivity index (χ4n) is 3.57. The number of rotatable bonds is 11. The zero-order valence-electron chi connectivity index (χ0n) is 17.9. The van der Waals surface area contributed by atoms with Crippen LogP contribution in [-0.4, -0.2) is 68.0 Å². The molecule has 0 radical (unpaired) electrons. The van der Waals surface area contributed by atoms with Crippen LogP contribution in [0, 0.1) is 0 Å². The Labute approximate surface area is 188 Å². The van der Waals surface area contributed by atoms with Crippen molar-refractivity contribution in [3.63, 3.8) is 0 Å². The highest BCUT2D eigenvalue weighted by molar-refractivity contribution is 7.13. The number of thiazole rings is 1. The first kappa shape index (κ1) is 24.6. The first-order valence-electron chi connectivity index (χ1n) is 10.2. The molecule has 32 heavy (non-hydrogen) atoms. The molecule has 7 nitrogen and oxygen atoms in total. The molecule has 4 unspecified atom stereocenters. The average Bonchev–Trinajstić information content (AvgIpc) is 3.22. The largest absolute Gasteiger partial charge is 0.489 e. The number of hydrogen-bond acceptors (Lipinski definition) is 8. The normalized spacial score (nSPS) is 20.4. The molecule has 1 saturated heterocycles. The van der Waals surface area contributed by atoms with Gasteiger partial charge in [0.05, 0.1) is 18.3 Å². The van der Waals surface area contributed by atoms with Crippen LogP contribution in [0.5, 0.6) is 5.75 Å². The van der Waals surface area contributed by atoms with Gasteiger partial charge in [-0.25, -0.2) is 4.98 Å². The molecule has 0 spiro atoms. The van der Waals surface area contributed by atoms with Gasteiger partial charge in [-0.05, 0) is 33.2 Å². The number of aromatic nitrogens is 1. The predicted octanol–water partition coefficient (Wildman–Crippen LogP) is 3.47. The molecule has 3 rings (SSSR count). The average molecular weight is 473 g/mol. The Balaban J connectivity index is 1.95. The molecule has 1 aromatic heterocycles. The topological polar surface area (TPSA) is 88.0 Å². The number of aliphatic hydroxyl groups excluding tert-OH is 1. The smallest absolute Gasteiger partial charge is 0.418 e. The van der Waals surface area contributed by atoms with E-state index in [0.717, 1.165) is 13.0 Å². The number of nitrogens with one attached hydrogen (secondary N) is 2. The van der Waals surface area contributed by atoms with Gasteiger partial charge in [-0.3, -0.25) is 4.99 Å². The number of aliphatic imine (C=N–C) groups is 1. The van der Waals surface area contributed by atoms with Crippen molar-refractivity contribution < 1.29 is 27.8 Å². The Kier molecular flexibility index (Phi) is 8.23. The number of aliphatic hydroxyl groups is 1. The van der Waals surface area contributed by atoms with Gasteiger partial charge in [-0.2, -0.15) is 13.2 Å². The summed E-state index contributed by atoms with van der Waals surface area (Å²) in [6, 6.07) is 3.24. The lowest BCUT2D eigenvalue weighted by Gasteiger charge is -2.37. The van der Waals surface area contributed by atoms with Gasteiger partial charge in [0.25, 0.3) is 0 Å². The first-order valence-corrected chi connectivity index (χ1v) is 11.1. The molecule has 1 aliphatic rings. The zero-order chi connectivity index (χ0) is 23.3. The summed E-state index contributed by atoms with van der Waals surface area (Å²) in [6.45, 7) is 5.44. The van der Waals surface area contributed by atoms with E-state index in [9.17, 15) is 18.3 Å². The van der Waals surface area contributed by atoms with E-state index < -0.39 is 25.0 Å². The molecule has 0 saturated carbocycles. The van der Waals surface area contributed by atoms with Crippen LogP contribution >= 0.6 is 11.3 Å². The van der Waals surface area contributed by atoms with Crippen molar-refractivity contribution in [2.75, 3.05) is 26.8 Å². The van der Waals surface area contributed by atoms with Crippen molar-refractivity contribution >= 4 is 23.7 Å². The highest BCUT2D eigenvalue weighted by Gasteiger charge is 2.44. The van der Waals surface area contributed by atoms with Crippen molar-refractivity contribution in [2.45, 2.75) is 43.8 Å². The summed E-state index contributed by atoms with van der Waals surface area (Å²) in [5, 5.41) is 18.3. The maximum absolute atomic E-state index is 13.8. The number of hydrogen-bond donors (Lipinski definition) is 3. The summed E-state index contributed by atoms with van der Waals surface area (Å²) in [5.74, 6) is 0.182. The summed E-state index contributed by atoms with van der Waals surface area (Å²) >= 11 is 1.34. The van der Waals surface area contributed by atoms with E-state index in [2.05, 4.69) is 27.3 Å². The van der Waals surface area contributed by atoms with Crippen molar-refractivity contribution in [3.05, 3.63) is 29.3 Å². The SMILES string of the molecule is C=Nc1c(C(OCC(C)O)C(F)(F)F)ccc(-c2nccs2)c1OCC1CC(CNC)N1. The molecule has 4 atom stereocenters. The van der Waals surface area contributed by atoms with Crippen molar-refractivity contribution in [3.8, 4) is 16.3 Å². The predicted molar refractivity (Wildman–Crippen MR) is 118 cm³/mol. The molecule has 2 aromatic rings. The van der Waals surface area contributed by atoms with E-state index >= 15 is 0 Å². The van der Waals surface area contributed by atoms with E-state index in [1.54, 1.807) is 11.6 Å². The molecule has 1 aromatic carbocycles. The Morgan fingerprint density at radius 2 is 2.16 bits per heavy atom. The molecule has 0 aliphatic carbocycles. The molecule has 3 N–H and O–H groups in total. The summed E-state index contributed by atoms with van der Waals surface area (Å²) in [6.07, 6.45) is -5.57. The van der Waals surface area contributed by atoms with Crippen molar-refractivity contribution in [1.82, 2.24) is 15.6 Å². The minimum Gasteiger partial charge on any atom is -0.489 e. The number of halogens is 3. The van der Waals surface area contributed by atoms with E-state index in [1.165, 1.54) is 30.4 Å². The summed E-state index contributed by atoms with van der Waals surface area (Å²) in [5.41, 5.74) is 0.267. The van der Waals surface area contributed by atoms with Crippen LogP contribution < -0.4 is 15.4 Å². The highest BCUT2D eigenvalue weighted by Crippen LogP contribution is 2.48. The second kappa shape index (κ2) is 10.7. The molecule has 1 aliphatic heterocycles. The van der Waals surface area contributed by atoms with E-state index in [1.807, 2.05) is 7.05 Å². The Bertz CT molecular complexity index is 887. The fourth-order valence-corrected chi connectivity index (χ4v) is 4.23. The number of likely N-dealkylation sites (N-methyl/N-ethyl adjacent to an activating group) is 1. The van der Waals surface area contributed by atoms with Gasteiger partial charge in [0.1, 0.15) is 17.3 Å². The van der Waals surface area contributed by atoms with Gasteiger partial charge in [0, 0.05) is 35.8 Å². The molecule has 11 heteroatoms. The van der Waals surface area contributed by atoms with Gasteiger partial charge in [-0.1, -0.05) is 6.07 Å². The monoisotopic (exact) mass is 472 g/mol. The van der Waals surface area contributed by atoms with E-state index in [4.69, 9.17) is 9.47 Å². The van der Waals surface area contributed by atoms with E-state index in [-0.39, 0.29) is 29.6 Å². The minimum atomic E-state index is -4.72. The molecular formula is C21H27F3N4O3S. The Hall–Kier alpha value is -2.05. The first-order chi connectivity index (χ1) is 15.2. The fraction of sp³-hybridized carbons (Fsp3) is 0.524. The number of alkyl halides is 3. The third-order valence-electron chi connectivity index (χ3n) is 4.99. The quantitative estimate of drug-likeness (QED) is 0.434. The van der Waals surface area contributed by atoms with Gasteiger partial charge < -0.3 is 25.2 Å². The summed E-state index contributed by atoms with van der Waals surface area (Å²) in [4.78, 5) is 8.17. The summed E-state index contributed by atoms with van der Waals surface area (Å²) in [7, 11) is 1.87. The molecule has 1 fully saturated rings. The van der Waals surface area contributed by atoms with Gasteiger partial charge in [0.15, 0.2) is 11.9 Å². The lowest BCUT2D eigenvalue weighted by molar-refractivity contribution is -0.228. The van der Waals surface area contributed by atoms with Crippen LogP contribution in [0.3, 0.4) is 0 Å². The third kappa shape index (κ3) is 5.84. The van der Waals surface area contributed by atoms with Crippen molar-refractivity contribution in [2.24, 2.45) is 4.99 Å². The van der Waals surface area contributed by atoms with Crippen LogP contribution in [0.4, 0.5) is 18.9 Å². The zero-order valence-corrected chi connectivity index (χ0v) is 18.7. The maximum atomic E-state index is 13.8. The molecular weight excluding hydrogens is 445 g/mol. The summed E-state index contributed by atoms with van der Waals surface area (Å²) < 4.78 is 52.6.